The molecule has 0 aliphatic rings. The van der Waals surface area contributed by atoms with Gasteiger partial charge in [0.1, 0.15) is 17.3 Å². The minimum Gasteiger partial charge on any atom is -0.466 e. The number of alkyl halides is 2. The van der Waals surface area contributed by atoms with E-state index >= 15 is 0 Å². The maximum Gasteiger partial charge on any atom is 0.387 e. The predicted octanol–water partition coefficient (Wildman–Crippen LogP) is 3.96. The van der Waals surface area contributed by atoms with Crippen molar-refractivity contribution in [3.8, 4) is 5.75 Å². The molecular formula is C17H18F2N2O3. The molecule has 7 heteroatoms. The van der Waals surface area contributed by atoms with Crippen LogP contribution in [-0.4, -0.2) is 18.2 Å². The van der Waals surface area contributed by atoms with E-state index in [0.717, 1.165) is 5.56 Å². The number of ether oxygens (including phenoxy) is 1. The smallest absolute Gasteiger partial charge is 0.387 e. The highest BCUT2D eigenvalue weighted by Crippen LogP contribution is 2.23. The third kappa shape index (κ3) is 4.18. The van der Waals surface area contributed by atoms with Crippen molar-refractivity contribution in [2.24, 2.45) is 5.10 Å². The third-order valence-corrected chi connectivity index (χ3v) is 3.35. The molecule has 0 radical (unpaired) electrons. The molecule has 0 fully saturated rings. The van der Waals surface area contributed by atoms with Crippen LogP contribution in [0.2, 0.25) is 0 Å². The van der Waals surface area contributed by atoms with Crippen LogP contribution in [0, 0.1) is 20.8 Å². The highest BCUT2D eigenvalue weighted by Gasteiger charge is 2.15. The Balaban J connectivity index is 2.23. The Morgan fingerprint density at radius 3 is 2.50 bits per heavy atom. The minimum atomic E-state index is -2.94. The van der Waals surface area contributed by atoms with Crippen molar-refractivity contribution in [2.45, 2.75) is 34.3 Å². The Kier molecular flexibility index (Phi) is 5.33. The predicted molar refractivity (Wildman–Crippen MR) is 85.7 cm³/mol. The number of halogens is 2. The van der Waals surface area contributed by atoms with Crippen LogP contribution in [-0.2, 0) is 0 Å². The van der Waals surface area contributed by atoms with Crippen LogP contribution >= 0.6 is 0 Å². The number of carbonyl (C=O) groups is 1. The van der Waals surface area contributed by atoms with E-state index in [-0.39, 0.29) is 5.75 Å². The molecule has 1 amide bonds. The van der Waals surface area contributed by atoms with E-state index in [9.17, 15) is 13.6 Å². The van der Waals surface area contributed by atoms with Crippen molar-refractivity contribution < 1.29 is 22.7 Å². The number of furan rings is 1. The lowest BCUT2D eigenvalue weighted by Gasteiger charge is -2.11. The number of nitrogens with one attached hydrogen (secondary N) is 1. The molecule has 1 aromatic carbocycles. The molecule has 1 N–H and O–H groups in total. The Morgan fingerprint density at radius 2 is 1.92 bits per heavy atom. The Morgan fingerprint density at radius 1 is 1.21 bits per heavy atom. The lowest BCUT2D eigenvalue weighted by atomic mass is 10.1. The maximum absolute atomic E-state index is 12.5. The normalized spacial score (nSPS) is 11.7. The average Bonchev–Trinajstić information content (AvgIpc) is 2.84. The van der Waals surface area contributed by atoms with E-state index < -0.39 is 12.5 Å². The molecule has 5 nitrogen and oxygen atoms in total. The van der Waals surface area contributed by atoms with Gasteiger partial charge in [0.05, 0.1) is 11.3 Å². The second kappa shape index (κ2) is 7.25. The Labute approximate surface area is 138 Å². The van der Waals surface area contributed by atoms with Gasteiger partial charge in [0.25, 0.3) is 5.91 Å². The number of amides is 1. The quantitative estimate of drug-likeness (QED) is 0.664. The average molecular weight is 336 g/mol. The van der Waals surface area contributed by atoms with Gasteiger partial charge in [-0.05, 0) is 45.9 Å². The molecule has 2 rings (SSSR count). The summed E-state index contributed by atoms with van der Waals surface area (Å²) in [5, 5.41) is 3.98. The van der Waals surface area contributed by atoms with Crippen molar-refractivity contribution in [2.75, 3.05) is 0 Å². The van der Waals surface area contributed by atoms with E-state index in [1.807, 2.05) is 6.92 Å². The highest BCUT2D eigenvalue weighted by atomic mass is 19.3. The summed E-state index contributed by atoms with van der Waals surface area (Å²) in [5.41, 5.74) is 4.36. The van der Waals surface area contributed by atoms with E-state index in [0.29, 0.717) is 28.4 Å². The van der Waals surface area contributed by atoms with E-state index in [1.54, 1.807) is 39.0 Å². The summed E-state index contributed by atoms with van der Waals surface area (Å²) in [6, 6.07) is 6.37. The van der Waals surface area contributed by atoms with E-state index in [1.165, 1.54) is 6.07 Å². The summed E-state index contributed by atoms with van der Waals surface area (Å²) in [6.45, 7) is 3.89. The van der Waals surface area contributed by atoms with Gasteiger partial charge in [-0.1, -0.05) is 11.6 Å². The first-order valence-electron chi connectivity index (χ1n) is 7.25. The topological polar surface area (TPSA) is 63.8 Å². The van der Waals surface area contributed by atoms with Gasteiger partial charge >= 0.3 is 6.61 Å². The number of hydrogen-bond donors (Lipinski definition) is 1. The van der Waals surface area contributed by atoms with Crippen LogP contribution in [0.25, 0.3) is 0 Å². The molecule has 24 heavy (non-hydrogen) atoms. The molecule has 0 saturated heterocycles. The van der Waals surface area contributed by atoms with E-state index in [4.69, 9.17) is 4.42 Å². The zero-order chi connectivity index (χ0) is 17.9. The summed E-state index contributed by atoms with van der Waals surface area (Å²) in [4.78, 5) is 12.1. The van der Waals surface area contributed by atoms with Crippen LogP contribution in [0.4, 0.5) is 8.78 Å². The SMILES string of the molecule is C/C(=N/NC(=O)c1cc(C)oc1C)c1cc(C)ccc1OC(F)F. The van der Waals surface area contributed by atoms with Crippen LogP contribution in [0.5, 0.6) is 5.75 Å². The van der Waals surface area contributed by atoms with Gasteiger partial charge in [-0.3, -0.25) is 4.79 Å². The Bertz CT molecular complexity index is 782. The molecule has 1 aromatic heterocycles. The third-order valence-electron chi connectivity index (χ3n) is 3.35. The molecular weight excluding hydrogens is 318 g/mol. The van der Waals surface area contributed by atoms with Crippen molar-refractivity contribution >= 4 is 11.6 Å². The molecule has 2 aromatic rings. The zero-order valence-electron chi connectivity index (χ0n) is 13.8. The molecule has 128 valence electrons. The van der Waals surface area contributed by atoms with Crippen molar-refractivity contribution in [3.63, 3.8) is 0 Å². The molecule has 0 saturated carbocycles. The number of hydrazone groups is 1. The van der Waals surface area contributed by atoms with Crippen LogP contribution in [0.15, 0.2) is 33.8 Å². The van der Waals surface area contributed by atoms with Crippen molar-refractivity contribution in [1.29, 1.82) is 0 Å². The summed E-state index contributed by atoms with van der Waals surface area (Å²) >= 11 is 0. The Hall–Kier alpha value is -2.70. The molecule has 0 bridgehead atoms. The molecule has 0 aliphatic heterocycles. The number of aryl methyl sites for hydroxylation is 3. The van der Waals surface area contributed by atoms with Crippen LogP contribution in [0.1, 0.15) is 39.9 Å². The van der Waals surface area contributed by atoms with Crippen LogP contribution < -0.4 is 10.2 Å². The first-order valence-corrected chi connectivity index (χ1v) is 7.25. The number of nitrogens with zero attached hydrogens (tertiary/aromatic N) is 1. The first kappa shape index (κ1) is 17.7. The van der Waals surface area contributed by atoms with Gasteiger partial charge in [0, 0.05) is 5.56 Å². The van der Waals surface area contributed by atoms with E-state index in [2.05, 4.69) is 15.3 Å². The molecule has 0 spiro atoms. The molecule has 1 heterocycles. The minimum absolute atomic E-state index is 0.00133. The number of benzene rings is 1. The zero-order valence-corrected chi connectivity index (χ0v) is 13.8. The largest absolute Gasteiger partial charge is 0.466 e. The van der Waals surface area contributed by atoms with Gasteiger partial charge in [-0.25, -0.2) is 5.43 Å². The molecule has 0 atom stereocenters. The molecule has 0 aliphatic carbocycles. The lowest BCUT2D eigenvalue weighted by Crippen LogP contribution is -2.20. The number of carbonyl (C=O) groups excluding carboxylic acids is 1. The lowest BCUT2D eigenvalue weighted by molar-refractivity contribution is -0.0499. The fraction of sp³-hybridized carbons (Fsp3) is 0.294. The van der Waals surface area contributed by atoms with Gasteiger partial charge in [-0.2, -0.15) is 13.9 Å². The summed E-state index contributed by atoms with van der Waals surface area (Å²) in [6.07, 6.45) is 0. The fourth-order valence-corrected chi connectivity index (χ4v) is 2.24. The highest BCUT2D eigenvalue weighted by molar-refractivity contribution is 6.03. The summed E-state index contributed by atoms with van der Waals surface area (Å²) in [7, 11) is 0. The monoisotopic (exact) mass is 336 g/mol. The maximum atomic E-state index is 12.5. The summed E-state index contributed by atoms with van der Waals surface area (Å²) in [5.74, 6) is 0.661. The van der Waals surface area contributed by atoms with Crippen molar-refractivity contribution in [3.05, 3.63) is 52.5 Å². The van der Waals surface area contributed by atoms with Crippen molar-refractivity contribution in [1.82, 2.24) is 5.43 Å². The first-order chi connectivity index (χ1) is 11.3. The van der Waals surface area contributed by atoms with Crippen LogP contribution in [0.3, 0.4) is 0 Å². The molecule has 0 unspecified atom stereocenters. The van der Waals surface area contributed by atoms with Gasteiger partial charge in [0.2, 0.25) is 0 Å². The number of hydrogen-bond acceptors (Lipinski definition) is 4. The standard InChI is InChI=1S/C17H18F2N2O3/c1-9-5-6-15(24-17(18)19)13(7-9)11(3)20-21-16(22)14-8-10(2)23-12(14)4/h5-8,17H,1-4H3,(H,21,22)/b20-11-. The number of rotatable bonds is 5. The van der Waals surface area contributed by atoms with Gasteiger partial charge in [-0.15, -0.1) is 0 Å². The fourth-order valence-electron chi connectivity index (χ4n) is 2.24. The second-order valence-electron chi connectivity index (χ2n) is 5.34. The van der Waals surface area contributed by atoms with Gasteiger partial charge < -0.3 is 9.15 Å². The van der Waals surface area contributed by atoms with Gasteiger partial charge in [0.15, 0.2) is 0 Å². The second-order valence-corrected chi connectivity index (χ2v) is 5.34. The summed E-state index contributed by atoms with van der Waals surface area (Å²) < 4.78 is 34.8.